The summed E-state index contributed by atoms with van der Waals surface area (Å²) in [5.74, 6) is -0.379. The first-order valence-electron chi connectivity index (χ1n) is 7.07. The van der Waals surface area contributed by atoms with E-state index in [2.05, 4.69) is 6.58 Å². The van der Waals surface area contributed by atoms with Crippen molar-refractivity contribution in [1.29, 1.82) is 0 Å². The molecule has 0 fully saturated rings. The van der Waals surface area contributed by atoms with Gasteiger partial charge in [0, 0.05) is 5.57 Å². The van der Waals surface area contributed by atoms with Gasteiger partial charge in [0.25, 0.3) is 0 Å². The van der Waals surface area contributed by atoms with E-state index in [1.165, 1.54) is 0 Å². The molecule has 3 nitrogen and oxygen atoms in total. The first-order chi connectivity index (χ1) is 10.1. The lowest BCUT2D eigenvalue weighted by Gasteiger charge is -2.12. The fraction of sp³-hybridized carbons (Fsp3) is 0.278. The number of rotatable bonds is 6. The molecule has 0 aliphatic carbocycles. The Morgan fingerprint density at radius 3 is 2.67 bits per heavy atom. The van der Waals surface area contributed by atoms with Gasteiger partial charge in [-0.1, -0.05) is 43.0 Å². The number of fused-ring (bicyclic) bond motifs is 1. The van der Waals surface area contributed by atoms with Gasteiger partial charge < -0.3 is 9.84 Å². The third kappa shape index (κ3) is 4.17. The van der Waals surface area contributed by atoms with Crippen molar-refractivity contribution in [1.82, 2.24) is 0 Å². The van der Waals surface area contributed by atoms with Crippen molar-refractivity contribution in [2.24, 2.45) is 0 Å². The van der Waals surface area contributed by atoms with Crippen LogP contribution in [-0.2, 0) is 9.53 Å². The van der Waals surface area contributed by atoms with Gasteiger partial charge in [0.05, 0.1) is 12.7 Å². The quantitative estimate of drug-likeness (QED) is 0.499. The number of carbonyl (C=O) groups is 1. The summed E-state index contributed by atoms with van der Waals surface area (Å²) in [5, 5.41) is 12.5. The molecule has 0 bridgehead atoms. The average molecular weight is 284 g/mol. The predicted octanol–water partition coefficient (Wildman–Crippen LogP) is 3.77. The van der Waals surface area contributed by atoms with Crippen LogP contribution >= 0.6 is 0 Å². The number of hydrogen-bond donors (Lipinski definition) is 1. The van der Waals surface area contributed by atoms with Crippen LogP contribution in [0.3, 0.4) is 0 Å². The van der Waals surface area contributed by atoms with E-state index in [1.54, 1.807) is 6.92 Å². The Morgan fingerprint density at radius 2 is 1.95 bits per heavy atom. The van der Waals surface area contributed by atoms with Crippen LogP contribution in [-0.4, -0.2) is 17.7 Å². The molecule has 0 saturated carbocycles. The van der Waals surface area contributed by atoms with Gasteiger partial charge in [-0.15, -0.1) is 0 Å². The van der Waals surface area contributed by atoms with Crippen molar-refractivity contribution in [3.05, 3.63) is 60.2 Å². The maximum atomic E-state index is 11.2. The molecule has 110 valence electrons. The summed E-state index contributed by atoms with van der Waals surface area (Å²) in [7, 11) is 0. The second-order valence-corrected chi connectivity index (χ2v) is 5.18. The molecule has 1 atom stereocenters. The summed E-state index contributed by atoms with van der Waals surface area (Å²) in [4.78, 5) is 11.2. The highest BCUT2D eigenvalue weighted by atomic mass is 16.5. The lowest BCUT2D eigenvalue weighted by atomic mass is 10.0. The molecule has 2 rings (SSSR count). The number of ether oxygens (including phenoxy) is 1. The van der Waals surface area contributed by atoms with Crippen LogP contribution in [0, 0.1) is 0 Å². The van der Waals surface area contributed by atoms with Gasteiger partial charge in [0.15, 0.2) is 0 Å². The summed E-state index contributed by atoms with van der Waals surface area (Å²) in [6.07, 6.45) is 0.632. The van der Waals surface area contributed by atoms with E-state index in [-0.39, 0.29) is 5.97 Å². The second kappa shape index (κ2) is 7.04. The smallest absolute Gasteiger partial charge is 0.333 e. The van der Waals surface area contributed by atoms with Crippen LogP contribution in [0.5, 0.6) is 0 Å². The summed E-state index contributed by atoms with van der Waals surface area (Å²) in [6.45, 7) is 5.44. The highest BCUT2D eigenvalue weighted by Gasteiger charge is 2.09. The van der Waals surface area contributed by atoms with Crippen LogP contribution in [0.4, 0.5) is 0 Å². The molecule has 21 heavy (non-hydrogen) atoms. The van der Waals surface area contributed by atoms with Crippen LogP contribution < -0.4 is 0 Å². The van der Waals surface area contributed by atoms with Crippen molar-refractivity contribution in [2.45, 2.75) is 25.9 Å². The van der Waals surface area contributed by atoms with Crippen molar-refractivity contribution >= 4 is 16.7 Å². The van der Waals surface area contributed by atoms with Crippen LogP contribution in [0.2, 0.25) is 0 Å². The van der Waals surface area contributed by atoms with Crippen LogP contribution in [0.1, 0.15) is 31.4 Å². The molecule has 1 unspecified atom stereocenters. The summed E-state index contributed by atoms with van der Waals surface area (Å²) < 4.78 is 5.01. The molecule has 2 aromatic carbocycles. The minimum atomic E-state index is -0.543. The van der Waals surface area contributed by atoms with E-state index in [4.69, 9.17) is 4.74 Å². The zero-order valence-corrected chi connectivity index (χ0v) is 12.2. The van der Waals surface area contributed by atoms with E-state index in [9.17, 15) is 9.90 Å². The van der Waals surface area contributed by atoms with Gasteiger partial charge in [0.1, 0.15) is 0 Å². The van der Waals surface area contributed by atoms with Crippen molar-refractivity contribution < 1.29 is 14.6 Å². The number of carbonyl (C=O) groups excluding carboxylic acids is 1. The fourth-order valence-electron chi connectivity index (χ4n) is 2.15. The molecule has 0 aliphatic rings. The predicted molar refractivity (Wildman–Crippen MR) is 83.9 cm³/mol. The molecule has 0 aromatic heterocycles. The zero-order valence-electron chi connectivity index (χ0n) is 12.2. The van der Waals surface area contributed by atoms with E-state index in [0.29, 0.717) is 25.0 Å². The van der Waals surface area contributed by atoms with E-state index in [0.717, 1.165) is 16.3 Å². The van der Waals surface area contributed by atoms with Crippen molar-refractivity contribution in [3.63, 3.8) is 0 Å². The zero-order chi connectivity index (χ0) is 15.2. The Hall–Kier alpha value is -2.13. The first kappa shape index (κ1) is 15.3. The summed E-state index contributed by atoms with van der Waals surface area (Å²) in [5.41, 5.74) is 1.28. The highest BCUT2D eigenvalue weighted by molar-refractivity contribution is 5.86. The average Bonchev–Trinajstić information content (AvgIpc) is 2.50. The minimum Gasteiger partial charge on any atom is -0.462 e. The molecule has 0 heterocycles. The van der Waals surface area contributed by atoms with E-state index >= 15 is 0 Å². The van der Waals surface area contributed by atoms with Crippen molar-refractivity contribution in [3.8, 4) is 0 Å². The maximum Gasteiger partial charge on any atom is 0.333 e. The standard InChI is InChI=1S/C18H20O3/c1-13(2)18(20)21-11-5-8-17(19)16-10-9-14-6-3-4-7-15(14)12-16/h3-4,6-7,9-10,12,17,19H,1,5,8,11H2,2H3. The molecule has 0 saturated heterocycles. The molecule has 3 heteroatoms. The van der Waals surface area contributed by atoms with Gasteiger partial charge in [-0.3, -0.25) is 0 Å². The monoisotopic (exact) mass is 284 g/mol. The normalized spacial score (nSPS) is 12.1. The Morgan fingerprint density at radius 1 is 1.24 bits per heavy atom. The molecule has 2 aromatic rings. The van der Waals surface area contributed by atoms with E-state index in [1.807, 2.05) is 42.5 Å². The molecule has 1 N–H and O–H groups in total. The van der Waals surface area contributed by atoms with E-state index < -0.39 is 6.10 Å². The van der Waals surface area contributed by atoms with Gasteiger partial charge >= 0.3 is 5.97 Å². The number of aliphatic hydroxyl groups is 1. The fourth-order valence-corrected chi connectivity index (χ4v) is 2.15. The number of benzene rings is 2. The third-order valence-corrected chi connectivity index (χ3v) is 3.36. The minimum absolute atomic E-state index is 0.302. The lowest BCUT2D eigenvalue weighted by Crippen LogP contribution is -2.07. The van der Waals surface area contributed by atoms with Crippen LogP contribution in [0.15, 0.2) is 54.6 Å². The Labute approximate surface area is 124 Å². The highest BCUT2D eigenvalue weighted by Crippen LogP contribution is 2.23. The van der Waals surface area contributed by atoms with Gasteiger partial charge in [-0.25, -0.2) is 4.79 Å². The van der Waals surface area contributed by atoms with Crippen LogP contribution in [0.25, 0.3) is 10.8 Å². The molecule has 0 radical (unpaired) electrons. The van der Waals surface area contributed by atoms with Gasteiger partial charge in [-0.05, 0) is 42.2 Å². The molecule has 0 aliphatic heterocycles. The molecular formula is C18H20O3. The maximum absolute atomic E-state index is 11.2. The molecular weight excluding hydrogens is 264 g/mol. The molecule has 0 amide bonds. The first-order valence-corrected chi connectivity index (χ1v) is 7.07. The van der Waals surface area contributed by atoms with Crippen molar-refractivity contribution in [2.75, 3.05) is 6.61 Å². The number of hydrogen-bond acceptors (Lipinski definition) is 3. The third-order valence-electron chi connectivity index (χ3n) is 3.36. The summed E-state index contributed by atoms with van der Waals surface area (Å²) >= 11 is 0. The Balaban J connectivity index is 1.88. The SMILES string of the molecule is C=C(C)C(=O)OCCCC(O)c1ccc2ccccc2c1. The Bertz CT molecular complexity index is 646. The van der Waals surface area contributed by atoms with Gasteiger partial charge in [-0.2, -0.15) is 0 Å². The largest absolute Gasteiger partial charge is 0.462 e. The summed E-state index contributed by atoms with van der Waals surface area (Å²) in [6, 6.07) is 14.0. The topological polar surface area (TPSA) is 46.5 Å². The second-order valence-electron chi connectivity index (χ2n) is 5.18. The van der Waals surface area contributed by atoms with Gasteiger partial charge in [0.2, 0.25) is 0 Å². The molecule has 0 spiro atoms. The Kier molecular flexibility index (Phi) is 5.12. The number of esters is 1. The number of aliphatic hydroxyl groups excluding tert-OH is 1. The lowest BCUT2D eigenvalue weighted by molar-refractivity contribution is -0.139.